The van der Waals surface area contributed by atoms with Gasteiger partial charge in [-0.05, 0) is 44.4 Å². The van der Waals surface area contributed by atoms with Gasteiger partial charge in [0.2, 0.25) is 5.91 Å². The van der Waals surface area contributed by atoms with Crippen LogP contribution in [0.2, 0.25) is 0 Å². The average molecular weight is 347 g/mol. The fourth-order valence-corrected chi connectivity index (χ4v) is 4.07. The van der Waals surface area contributed by atoms with Crippen molar-refractivity contribution in [3.05, 3.63) is 18.2 Å². The second-order valence-corrected chi connectivity index (χ2v) is 7.14. The number of nitrogens with one attached hydrogen (secondary N) is 1. The lowest BCUT2D eigenvalue weighted by molar-refractivity contribution is -0.125. The van der Waals surface area contributed by atoms with Gasteiger partial charge in [0.05, 0.1) is 22.7 Å². The molecule has 6 heteroatoms. The van der Waals surface area contributed by atoms with Crippen molar-refractivity contribution >= 4 is 32.6 Å². The van der Waals surface area contributed by atoms with Gasteiger partial charge in [-0.15, -0.1) is 0 Å². The number of carbonyl (C=O) groups is 1. The maximum atomic E-state index is 12.3. The number of rotatable bonds is 6. The Labute approximate surface area is 147 Å². The van der Waals surface area contributed by atoms with Gasteiger partial charge >= 0.3 is 0 Å². The number of thiazole rings is 1. The first kappa shape index (κ1) is 17.0. The monoisotopic (exact) mass is 347 g/mol. The van der Waals surface area contributed by atoms with Crippen LogP contribution in [0, 0.1) is 5.92 Å². The van der Waals surface area contributed by atoms with E-state index in [1.54, 1.807) is 11.3 Å². The van der Waals surface area contributed by atoms with Gasteiger partial charge in [0, 0.05) is 19.6 Å². The Hall–Kier alpha value is -1.82. The molecule has 130 valence electrons. The number of ether oxygens (including phenoxy) is 1. The van der Waals surface area contributed by atoms with E-state index < -0.39 is 0 Å². The van der Waals surface area contributed by atoms with E-state index in [-0.39, 0.29) is 11.8 Å². The molecule has 1 aromatic heterocycles. The minimum atomic E-state index is 0.0660. The molecule has 1 saturated heterocycles. The second-order valence-electron chi connectivity index (χ2n) is 6.14. The summed E-state index contributed by atoms with van der Waals surface area (Å²) in [5.41, 5.74) is 0.996. The molecule has 0 aliphatic carbocycles. The third kappa shape index (κ3) is 3.80. The van der Waals surface area contributed by atoms with Crippen LogP contribution < -0.4 is 15.0 Å². The van der Waals surface area contributed by atoms with E-state index in [4.69, 9.17) is 9.72 Å². The first-order chi connectivity index (χ1) is 11.7. The smallest absolute Gasteiger partial charge is 0.224 e. The number of benzene rings is 1. The molecule has 0 saturated carbocycles. The lowest BCUT2D eigenvalue weighted by Crippen LogP contribution is -2.43. The van der Waals surface area contributed by atoms with Crippen LogP contribution in [0.25, 0.3) is 10.2 Å². The summed E-state index contributed by atoms with van der Waals surface area (Å²) in [7, 11) is 0. The molecule has 3 rings (SSSR count). The van der Waals surface area contributed by atoms with Crippen molar-refractivity contribution in [2.24, 2.45) is 5.92 Å². The number of nitrogens with zero attached hydrogens (tertiary/aromatic N) is 2. The molecule has 24 heavy (non-hydrogen) atoms. The molecule has 1 aliphatic heterocycles. The quantitative estimate of drug-likeness (QED) is 0.870. The lowest BCUT2D eigenvalue weighted by Gasteiger charge is -2.31. The zero-order valence-electron chi connectivity index (χ0n) is 14.4. The van der Waals surface area contributed by atoms with Crippen LogP contribution in [-0.2, 0) is 4.79 Å². The number of anilines is 1. The first-order valence-electron chi connectivity index (χ1n) is 8.77. The Morgan fingerprint density at radius 3 is 3.12 bits per heavy atom. The summed E-state index contributed by atoms with van der Waals surface area (Å²) in [5, 5.41) is 4.03. The van der Waals surface area contributed by atoms with Crippen molar-refractivity contribution in [3.63, 3.8) is 0 Å². The van der Waals surface area contributed by atoms with Crippen LogP contribution in [0.5, 0.6) is 5.75 Å². The molecule has 1 atom stereocenters. The van der Waals surface area contributed by atoms with Crippen molar-refractivity contribution in [3.8, 4) is 5.75 Å². The van der Waals surface area contributed by atoms with Crippen molar-refractivity contribution in [1.82, 2.24) is 10.3 Å². The van der Waals surface area contributed by atoms with Gasteiger partial charge in [-0.1, -0.05) is 18.3 Å². The summed E-state index contributed by atoms with van der Waals surface area (Å²) in [6.07, 6.45) is 2.97. The molecule has 1 unspecified atom stereocenters. The highest BCUT2D eigenvalue weighted by Crippen LogP contribution is 2.33. The summed E-state index contributed by atoms with van der Waals surface area (Å²) in [6.45, 7) is 7.21. The summed E-state index contributed by atoms with van der Waals surface area (Å²) in [5.74, 6) is 1.13. The number of hydrogen-bond acceptors (Lipinski definition) is 5. The zero-order chi connectivity index (χ0) is 16.9. The summed E-state index contributed by atoms with van der Waals surface area (Å²) in [4.78, 5) is 19.3. The van der Waals surface area contributed by atoms with E-state index in [9.17, 15) is 4.79 Å². The van der Waals surface area contributed by atoms with Crippen molar-refractivity contribution in [2.75, 3.05) is 31.1 Å². The fourth-order valence-electron chi connectivity index (χ4n) is 3.04. The number of hydrogen-bond donors (Lipinski definition) is 1. The Bertz CT molecular complexity index is 701. The van der Waals surface area contributed by atoms with Gasteiger partial charge in [0.1, 0.15) is 5.75 Å². The number of fused-ring (bicyclic) bond motifs is 1. The van der Waals surface area contributed by atoms with Gasteiger partial charge in [0.15, 0.2) is 5.13 Å². The molecule has 0 spiro atoms. The molecule has 1 aliphatic rings. The molecular weight excluding hydrogens is 322 g/mol. The Balaban J connectivity index is 1.73. The molecule has 2 heterocycles. The number of carbonyl (C=O) groups excluding carboxylic acids is 1. The molecule has 0 radical (unpaired) electrons. The highest BCUT2D eigenvalue weighted by atomic mass is 32.1. The van der Waals surface area contributed by atoms with E-state index in [1.807, 2.05) is 19.1 Å². The van der Waals surface area contributed by atoms with Gasteiger partial charge in [-0.3, -0.25) is 4.79 Å². The van der Waals surface area contributed by atoms with Gasteiger partial charge in [-0.25, -0.2) is 4.98 Å². The predicted octanol–water partition coefficient (Wildman–Crippen LogP) is 3.44. The van der Waals surface area contributed by atoms with E-state index in [0.29, 0.717) is 6.61 Å². The van der Waals surface area contributed by atoms with E-state index in [2.05, 4.69) is 23.2 Å². The molecule has 5 nitrogen and oxygen atoms in total. The minimum Gasteiger partial charge on any atom is -0.494 e. The number of aromatic nitrogens is 1. The van der Waals surface area contributed by atoms with Crippen LogP contribution in [0.1, 0.15) is 33.1 Å². The molecular formula is C18H25N3O2S. The van der Waals surface area contributed by atoms with Crippen LogP contribution in [0.3, 0.4) is 0 Å². The van der Waals surface area contributed by atoms with Crippen molar-refractivity contribution in [1.29, 1.82) is 0 Å². The lowest BCUT2D eigenvalue weighted by atomic mass is 9.97. The first-order valence-corrected chi connectivity index (χ1v) is 9.59. The maximum Gasteiger partial charge on any atom is 0.224 e. The van der Waals surface area contributed by atoms with Crippen LogP contribution >= 0.6 is 11.3 Å². The highest BCUT2D eigenvalue weighted by molar-refractivity contribution is 7.22. The molecule has 0 bridgehead atoms. The minimum absolute atomic E-state index is 0.0660. The molecule has 1 amide bonds. The Kier molecular flexibility index (Phi) is 5.56. The van der Waals surface area contributed by atoms with Crippen molar-refractivity contribution < 1.29 is 9.53 Å². The number of amides is 1. The van der Waals surface area contributed by atoms with Crippen molar-refractivity contribution in [2.45, 2.75) is 33.1 Å². The fraction of sp³-hybridized carbons (Fsp3) is 0.556. The Morgan fingerprint density at radius 2 is 2.33 bits per heavy atom. The SMILES string of the molecule is CCCNC(=O)C1CCCN(c2nc3ccc(OCC)cc3s2)C1. The van der Waals surface area contributed by atoms with E-state index >= 15 is 0 Å². The molecule has 1 fully saturated rings. The third-order valence-corrected chi connectivity index (χ3v) is 5.35. The predicted molar refractivity (Wildman–Crippen MR) is 99.0 cm³/mol. The van der Waals surface area contributed by atoms with Crippen LogP contribution in [0.4, 0.5) is 5.13 Å². The average Bonchev–Trinajstić information content (AvgIpc) is 3.03. The highest BCUT2D eigenvalue weighted by Gasteiger charge is 2.27. The maximum absolute atomic E-state index is 12.3. The van der Waals surface area contributed by atoms with Gasteiger partial charge in [-0.2, -0.15) is 0 Å². The Morgan fingerprint density at radius 1 is 1.46 bits per heavy atom. The molecule has 2 aromatic rings. The van der Waals surface area contributed by atoms with Crippen LogP contribution in [-0.4, -0.2) is 37.1 Å². The zero-order valence-corrected chi connectivity index (χ0v) is 15.2. The van der Waals surface area contributed by atoms with Crippen LogP contribution in [0.15, 0.2) is 18.2 Å². The summed E-state index contributed by atoms with van der Waals surface area (Å²) >= 11 is 1.68. The van der Waals surface area contributed by atoms with Gasteiger partial charge < -0.3 is 15.0 Å². The topological polar surface area (TPSA) is 54.5 Å². The van der Waals surface area contributed by atoms with Gasteiger partial charge in [0.25, 0.3) is 0 Å². The normalized spacial score (nSPS) is 17.9. The third-order valence-electron chi connectivity index (χ3n) is 4.27. The summed E-state index contributed by atoms with van der Waals surface area (Å²) < 4.78 is 6.70. The molecule has 1 aromatic carbocycles. The summed E-state index contributed by atoms with van der Waals surface area (Å²) in [6, 6.07) is 6.03. The second kappa shape index (κ2) is 7.83. The largest absolute Gasteiger partial charge is 0.494 e. The van der Waals surface area contributed by atoms with E-state index in [1.165, 1.54) is 0 Å². The molecule has 1 N–H and O–H groups in total. The standard InChI is InChI=1S/C18H25N3O2S/c1-3-9-19-17(22)13-6-5-10-21(12-13)18-20-15-8-7-14(23-4-2)11-16(15)24-18/h7-8,11,13H,3-6,9-10,12H2,1-2H3,(H,19,22). The van der Waals surface area contributed by atoms with E-state index in [0.717, 1.165) is 60.0 Å². The number of piperidine rings is 1.